The van der Waals surface area contributed by atoms with Gasteiger partial charge in [-0.1, -0.05) is 78.9 Å². The molecule has 0 saturated carbocycles. The molecule has 172 valence electrons. The molecule has 4 aromatic rings. The highest BCUT2D eigenvalue weighted by atomic mass is 16.5. The van der Waals surface area contributed by atoms with E-state index in [1.165, 1.54) is 11.1 Å². The van der Waals surface area contributed by atoms with Crippen LogP contribution in [0.1, 0.15) is 34.0 Å². The molecular formula is C30H28O4. The van der Waals surface area contributed by atoms with Gasteiger partial charge in [-0.15, -0.1) is 0 Å². The molecule has 4 aromatic carbocycles. The van der Waals surface area contributed by atoms with Gasteiger partial charge in [-0.3, -0.25) is 0 Å². The first-order valence-corrected chi connectivity index (χ1v) is 11.4. The number of hydrogen-bond donors (Lipinski definition) is 0. The summed E-state index contributed by atoms with van der Waals surface area (Å²) in [4.78, 5) is 12.4. The Balaban J connectivity index is 1.38. The Morgan fingerprint density at radius 2 is 1.35 bits per heavy atom. The highest BCUT2D eigenvalue weighted by Crippen LogP contribution is 2.24. The van der Waals surface area contributed by atoms with Crippen LogP contribution in [0.15, 0.2) is 97.1 Å². The minimum atomic E-state index is -0.324. The second-order valence-corrected chi connectivity index (χ2v) is 7.94. The Hall–Kier alpha value is -4.05. The van der Waals surface area contributed by atoms with Crippen LogP contribution in [-0.2, 0) is 18.0 Å². The van der Waals surface area contributed by atoms with Gasteiger partial charge in [-0.25, -0.2) is 4.79 Å². The topological polar surface area (TPSA) is 44.8 Å². The van der Waals surface area contributed by atoms with Gasteiger partial charge in [-0.2, -0.15) is 0 Å². The van der Waals surface area contributed by atoms with E-state index >= 15 is 0 Å². The molecule has 0 heterocycles. The van der Waals surface area contributed by atoms with Gasteiger partial charge in [0.15, 0.2) is 0 Å². The zero-order valence-electron chi connectivity index (χ0n) is 19.5. The zero-order valence-corrected chi connectivity index (χ0v) is 19.5. The van der Waals surface area contributed by atoms with E-state index in [1.54, 1.807) is 6.92 Å². The first-order chi connectivity index (χ1) is 16.6. The normalized spacial score (nSPS) is 10.5. The van der Waals surface area contributed by atoms with E-state index in [0.717, 1.165) is 22.4 Å². The monoisotopic (exact) mass is 452 g/mol. The summed E-state index contributed by atoms with van der Waals surface area (Å²) in [6.45, 7) is 4.76. The summed E-state index contributed by atoms with van der Waals surface area (Å²) in [5.74, 6) is 1.07. The molecule has 0 aliphatic heterocycles. The number of esters is 1. The number of benzene rings is 4. The maximum atomic E-state index is 12.4. The van der Waals surface area contributed by atoms with Gasteiger partial charge in [0.25, 0.3) is 0 Å². The summed E-state index contributed by atoms with van der Waals surface area (Å²) in [5, 5.41) is 0. The van der Waals surface area contributed by atoms with Crippen molar-refractivity contribution in [2.45, 2.75) is 27.1 Å². The quantitative estimate of drug-likeness (QED) is 0.257. The number of ether oxygens (including phenoxy) is 3. The van der Waals surface area contributed by atoms with Crippen molar-refractivity contribution in [2.24, 2.45) is 0 Å². The van der Waals surface area contributed by atoms with E-state index < -0.39 is 0 Å². The number of aryl methyl sites for hydroxylation is 1. The second kappa shape index (κ2) is 11.2. The Labute approximate surface area is 200 Å². The van der Waals surface area contributed by atoms with E-state index in [0.29, 0.717) is 24.5 Å². The lowest BCUT2D eigenvalue weighted by atomic mass is 10.0. The van der Waals surface area contributed by atoms with E-state index in [-0.39, 0.29) is 12.6 Å². The van der Waals surface area contributed by atoms with Crippen molar-refractivity contribution in [2.75, 3.05) is 6.61 Å². The molecule has 0 amide bonds. The van der Waals surface area contributed by atoms with Gasteiger partial charge in [0, 0.05) is 11.6 Å². The molecule has 0 aliphatic carbocycles. The van der Waals surface area contributed by atoms with Crippen LogP contribution in [0.3, 0.4) is 0 Å². The van der Waals surface area contributed by atoms with Gasteiger partial charge in [0.1, 0.15) is 24.7 Å². The van der Waals surface area contributed by atoms with Crippen molar-refractivity contribution in [1.29, 1.82) is 0 Å². The fourth-order valence-corrected chi connectivity index (χ4v) is 3.75. The smallest absolute Gasteiger partial charge is 0.338 e. The summed E-state index contributed by atoms with van der Waals surface area (Å²) in [7, 11) is 0. The van der Waals surface area contributed by atoms with E-state index in [9.17, 15) is 4.79 Å². The molecule has 0 unspecified atom stereocenters. The highest BCUT2D eigenvalue weighted by molar-refractivity contribution is 5.92. The molecule has 34 heavy (non-hydrogen) atoms. The summed E-state index contributed by atoms with van der Waals surface area (Å²) in [6, 6.07) is 31.9. The Morgan fingerprint density at radius 1 is 0.706 bits per heavy atom. The Morgan fingerprint density at radius 3 is 2.06 bits per heavy atom. The van der Waals surface area contributed by atoms with E-state index in [1.807, 2.05) is 67.6 Å². The van der Waals surface area contributed by atoms with E-state index in [2.05, 4.69) is 36.4 Å². The van der Waals surface area contributed by atoms with Crippen LogP contribution in [0.2, 0.25) is 0 Å². The van der Waals surface area contributed by atoms with Crippen molar-refractivity contribution < 1.29 is 19.0 Å². The van der Waals surface area contributed by atoms with Crippen LogP contribution < -0.4 is 9.47 Å². The molecule has 0 N–H and O–H groups in total. The summed E-state index contributed by atoms with van der Waals surface area (Å²) in [6.07, 6.45) is 0. The molecule has 0 saturated heterocycles. The summed E-state index contributed by atoms with van der Waals surface area (Å²) in [5.41, 5.74) is 5.69. The standard InChI is InChI=1S/C30H28O4/c1-3-32-30(31)29-22(2)9-7-12-26(29)21-34-28-14-8-13-27(19-28)33-20-23-15-17-25(18-16-23)24-10-5-4-6-11-24/h4-19H,3,20-21H2,1-2H3. The van der Waals surface area contributed by atoms with Crippen molar-refractivity contribution >= 4 is 5.97 Å². The van der Waals surface area contributed by atoms with Crippen LogP contribution >= 0.6 is 0 Å². The lowest BCUT2D eigenvalue weighted by molar-refractivity contribution is 0.0522. The Kier molecular flexibility index (Phi) is 7.61. The SMILES string of the molecule is CCOC(=O)c1c(C)cccc1COc1cccc(OCc2ccc(-c3ccccc3)cc2)c1. The van der Waals surface area contributed by atoms with Gasteiger partial charge in [0.2, 0.25) is 0 Å². The number of hydrogen-bond acceptors (Lipinski definition) is 4. The zero-order chi connectivity index (χ0) is 23.8. The van der Waals surface area contributed by atoms with Crippen molar-refractivity contribution in [3.05, 3.63) is 119 Å². The van der Waals surface area contributed by atoms with Gasteiger partial charge >= 0.3 is 5.97 Å². The van der Waals surface area contributed by atoms with Gasteiger partial charge in [-0.05, 0) is 48.2 Å². The second-order valence-electron chi connectivity index (χ2n) is 7.94. The van der Waals surface area contributed by atoms with Crippen molar-refractivity contribution in [3.63, 3.8) is 0 Å². The molecular weight excluding hydrogens is 424 g/mol. The molecule has 0 radical (unpaired) electrons. The third-order valence-electron chi connectivity index (χ3n) is 5.51. The molecule has 4 nitrogen and oxygen atoms in total. The minimum Gasteiger partial charge on any atom is -0.489 e. The van der Waals surface area contributed by atoms with Gasteiger partial charge in [0.05, 0.1) is 12.2 Å². The van der Waals surface area contributed by atoms with Crippen LogP contribution in [0.25, 0.3) is 11.1 Å². The molecule has 0 fully saturated rings. The van der Waals surface area contributed by atoms with Crippen molar-refractivity contribution in [1.82, 2.24) is 0 Å². The number of carbonyl (C=O) groups excluding carboxylic acids is 1. The fourth-order valence-electron chi connectivity index (χ4n) is 3.75. The van der Waals surface area contributed by atoms with E-state index in [4.69, 9.17) is 14.2 Å². The molecule has 0 atom stereocenters. The lowest BCUT2D eigenvalue weighted by Gasteiger charge is -2.13. The highest BCUT2D eigenvalue weighted by Gasteiger charge is 2.15. The third kappa shape index (κ3) is 5.84. The first-order valence-electron chi connectivity index (χ1n) is 11.4. The van der Waals surface area contributed by atoms with Crippen LogP contribution in [0, 0.1) is 6.92 Å². The lowest BCUT2D eigenvalue weighted by Crippen LogP contribution is -2.12. The first kappa shape index (κ1) is 23.1. The molecule has 4 heteroatoms. The predicted octanol–water partition coefficient (Wildman–Crippen LogP) is 7.00. The molecule has 0 aromatic heterocycles. The maximum absolute atomic E-state index is 12.4. The largest absolute Gasteiger partial charge is 0.489 e. The number of carbonyl (C=O) groups is 1. The minimum absolute atomic E-state index is 0.264. The predicted molar refractivity (Wildman–Crippen MR) is 134 cm³/mol. The molecule has 0 bridgehead atoms. The summed E-state index contributed by atoms with van der Waals surface area (Å²) >= 11 is 0. The summed E-state index contributed by atoms with van der Waals surface area (Å²) < 4.78 is 17.2. The maximum Gasteiger partial charge on any atom is 0.338 e. The van der Waals surface area contributed by atoms with Crippen molar-refractivity contribution in [3.8, 4) is 22.6 Å². The average molecular weight is 453 g/mol. The van der Waals surface area contributed by atoms with Crippen LogP contribution in [-0.4, -0.2) is 12.6 Å². The molecule has 0 aliphatic rings. The molecule has 0 spiro atoms. The van der Waals surface area contributed by atoms with Crippen LogP contribution in [0.5, 0.6) is 11.5 Å². The van der Waals surface area contributed by atoms with Gasteiger partial charge < -0.3 is 14.2 Å². The Bertz CT molecular complexity index is 1230. The molecule has 4 rings (SSSR count). The third-order valence-corrected chi connectivity index (χ3v) is 5.51. The average Bonchev–Trinajstić information content (AvgIpc) is 2.87. The van der Waals surface area contributed by atoms with Crippen LogP contribution in [0.4, 0.5) is 0 Å². The fraction of sp³-hybridized carbons (Fsp3) is 0.167. The number of rotatable bonds is 9.